The first-order valence-electron chi connectivity index (χ1n) is 7.63. The zero-order chi connectivity index (χ0) is 15.7. The van der Waals surface area contributed by atoms with Crippen LogP contribution in [0.4, 0.5) is 0 Å². The van der Waals surface area contributed by atoms with Crippen LogP contribution in [-0.4, -0.2) is 14.9 Å². The molecule has 0 spiro atoms. The monoisotopic (exact) mass is 286 g/mol. The Morgan fingerprint density at radius 3 is 2.19 bits per heavy atom. The molecule has 1 heterocycles. The number of hydrogen-bond donors (Lipinski definition) is 1. The Hall–Kier alpha value is -1.61. The Morgan fingerprint density at radius 2 is 1.67 bits per heavy atom. The topological polar surface area (TPSA) is 38.1 Å². The fraction of sp³-hybridized carbons (Fsp3) is 0.500. The van der Waals surface area contributed by atoms with E-state index in [-0.39, 0.29) is 0 Å². The maximum atomic E-state index is 10.2. The SMILES string of the molecule is CCC(O)c1c(C)nn(Cc2c(C)cc(C)cc2C)c1C. The van der Waals surface area contributed by atoms with Gasteiger partial charge in [-0.1, -0.05) is 24.6 Å². The van der Waals surface area contributed by atoms with Gasteiger partial charge < -0.3 is 5.11 Å². The maximum Gasteiger partial charge on any atom is 0.0823 e. The summed E-state index contributed by atoms with van der Waals surface area (Å²) in [5.41, 5.74) is 8.22. The number of aliphatic hydroxyl groups is 1. The molecule has 0 aliphatic rings. The second-order valence-electron chi connectivity index (χ2n) is 6.04. The smallest absolute Gasteiger partial charge is 0.0823 e. The minimum absolute atomic E-state index is 0.418. The van der Waals surface area contributed by atoms with Crippen molar-refractivity contribution in [1.29, 1.82) is 0 Å². The van der Waals surface area contributed by atoms with Crippen molar-refractivity contribution in [2.24, 2.45) is 0 Å². The average molecular weight is 286 g/mol. The zero-order valence-electron chi connectivity index (χ0n) is 14.0. The van der Waals surface area contributed by atoms with Gasteiger partial charge in [-0.15, -0.1) is 0 Å². The van der Waals surface area contributed by atoms with Crippen LogP contribution in [0.3, 0.4) is 0 Å². The molecule has 1 aromatic carbocycles. The molecule has 1 unspecified atom stereocenters. The Morgan fingerprint density at radius 1 is 1.10 bits per heavy atom. The Bertz CT molecular complexity index is 632. The Balaban J connectivity index is 2.42. The first kappa shape index (κ1) is 15.8. The minimum atomic E-state index is -0.418. The third-order valence-corrected chi connectivity index (χ3v) is 4.31. The first-order chi connectivity index (χ1) is 9.85. The zero-order valence-corrected chi connectivity index (χ0v) is 14.0. The van der Waals surface area contributed by atoms with Crippen molar-refractivity contribution in [3.8, 4) is 0 Å². The van der Waals surface area contributed by atoms with Gasteiger partial charge in [0.25, 0.3) is 0 Å². The molecule has 2 rings (SSSR count). The van der Waals surface area contributed by atoms with Gasteiger partial charge in [-0.3, -0.25) is 4.68 Å². The van der Waals surface area contributed by atoms with Crippen LogP contribution in [0.15, 0.2) is 12.1 Å². The van der Waals surface area contributed by atoms with Crippen LogP contribution in [0.5, 0.6) is 0 Å². The van der Waals surface area contributed by atoms with E-state index < -0.39 is 6.10 Å². The van der Waals surface area contributed by atoms with Crippen molar-refractivity contribution in [3.63, 3.8) is 0 Å². The molecule has 1 N–H and O–H groups in total. The molecule has 1 atom stereocenters. The van der Waals surface area contributed by atoms with E-state index >= 15 is 0 Å². The number of hydrogen-bond acceptors (Lipinski definition) is 2. The van der Waals surface area contributed by atoms with Crippen molar-refractivity contribution >= 4 is 0 Å². The molecule has 114 valence electrons. The summed E-state index contributed by atoms with van der Waals surface area (Å²) >= 11 is 0. The molecule has 1 aromatic heterocycles. The van der Waals surface area contributed by atoms with Gasteiger partial charge in [0.05, 0.1) is 18.3 Å². The van der Waals surface area contributed by atoms with Crippen LogP contribution >= 0.6 is 0 Å². The van der Waals surface area contributed by atoms with Gasteiger partial charge in [-0.05, 0) is 57.7 Å². The molecule has 0 fully saturated rings. The van der Waals surface area contributed by atoms with Crippen LogP contribution in [-0.2, 0) is 6.54 Å². The normalized spacial score (nSPS) is 12.7. The first-order valence-corrected chi connectivity index (χ1v) is 7.63. The summed E-state index contributed by atoms with van der Waals surface area (Å²) in [7, 11) is 0. The lowest BCUT2D eigenvalue weighted by Crippen LogP contribution is -2.08. The second kappa shape index (κ2) is 6.02. The molecule has 0 aliphatic carbocycles. The molecular formula is C18H26N2O. The molecule has 3 heteroatoms. The molecule has 3 nitrogen and oxygen atoms in total. The fourth-order valence-electron chi connectivity index (χ4n) is 3.16. The predicted molar refractivity (Wildman–Crippen MR) is 86.7 cm³/mol. The number of aliphatic hydroxyl groups excluding tert-OH is 1. The average Bonchev–Trinajstić information content (AvgIpc) is 2.68. The van der Waals surface area contributed by atoms with Gasteiger partial charge in [0, 0.05) is 11.3 Å². The number of benzene rings is 1. The molecule has 2 aromatic rings. The van der Waals surface area contributed by atoms with E-state index in [1.54, 1.807) is 0 Å². The lowest BCUT2D eigenvalue weighted by molar-refractivity contribution is 0.172. The van der Waals surface area contributed by atoms with E-state index in [4.69, 9.17) is 0 Å². The third-order valence-electron chi connectivity index (χ3n) is 4.31. The summed E-state index contributed by atoms with van der Waals surface area (Å²) in [6, 6.07) is 4.44. The van der Waals surface area contributed by atoms with Gasteiger partial charge in [-0.2, -0.15) is 5.10 Å². The lowest BCUT2D eigenvalue weighted by atomic mass is 9.99. The van der Waals surface area contributed by atoms with Crippen LogP contribution < -0.4 is 0 Å². The number of rotatable bonds is 4. The third kappa shape index (κ3) is 3.03. The summed E-state index contributed by atoms with van der Waals surface area (Å²) in [5, 5.41) is 14.8. The molecule has 0 aliphatic heterocycles. The maximum absolute atomic E-state index is 10.2. The highest BCUT2D eigenvalue weighted by Crippen LogP contribution is 2.25. The quantitative estimate of drug-likeness (QED) is 0.925. The van der Waals surface area contributed by atoms with E-state index in [0.717, 1.165) is 29.9 Å². The van der Waals surface area contributed by atoms with Gasteiger partial charge in [0.1, 0.15) is 0 Å². The largest absolute Gasteiger partial charge is 0.388 e. The predicted octanol–water partition coefficient (Wildman–Crippen LogP) is 3.92. The number of nitrogens with zero attached hydrogens (tertiary/aromatic N) is 2. The van der Waals surface area contributed by atoms with E-state index in [2.05, 4.69) is 38.0 Å². The molecule has 0 amide bonds. The second-order valence-corrected chi connectivity index (χ2v) is 6.04. The van der Waals surface area contributed by atoms with E-state index in [9.17, 15) is 5.11 Å². The van der Waals surface area contributed by atoms with Gasteiger partial charge in [0.15, 0.2) is 0 Å². The summed E-state index contributed by atoms with van der Waals surface area (Å²) in [5.74, 6) is 0. The summed E-state index contributed by atoms with van der Waals surface area (Å²) < 4.78 is 2.02. The van der Waals surface area contributed by atoms with Gasteiger partial charge >= 0.3 is 0 Å². The molecule has 0 saturated heterocycles. The number of aryl methyl sites for hydroxylation is 4. The van der Waals surface area contributed by atoms with Crippen molar-refractivity contribution in [3.05, 3.63) is 51.3 Å². The lowest BCUT2D eigenvalue weighted by Gasteiger charge is -2.13. The summed E-state index contributed by atoms with van der Waals surface area (Å²) in [4.78, 5) is 0. The minimum Gasteiger partial charge on any atom is -0.388 e. The molecule has 0 saturated carbocycles. The highest BCUT2D eigenvalue weighted by molar-refractivity contribution is 5.38. The van der Waals surface area contributed by atoms with Crippen molar-refractivity contribution in [1.82, 2.24) is 9.78 Å². The highest BCUT2D eigenvalue weighted by Gasteiger charge is 2.18. The van der Waals surface area contributed by atoms with E-state index in [0.29, 0.717) is 0 Å². The summed E-state index contributed by atoms with van der Waals surface area (Å²) in [6.07, 6.45) is 0.301. The van der Waals surface area contributed by atoms with Crippen LogP contribution in [0.25, 0.3) is 0 Å². The van der Waals surface area contributed by atoms with E-state index in [1.807, 2.05) is 25.5 Å². The van der Waals surface area contributed by atoms with Crippen LogP contribution in [0, 0.1) is 34.6 Å². The molecule has 0 radical (unpaired) electrons. The molecular weight excluding hydrogens is 260 g/mol. The van der Waals surface area contributed by atoms with E-state index in [1.165, 1.54) is 22.3 Å². The van der Waals surface area contributed by atoms with Gasteiger partial charge in [0.2, 0.25) is 0 Å². The Kier molecular flexibility index (Phi) is 4.52. The Labute approximate surface area is 127 Å². The van der Waals surface area contributed by atoms with Gasteiger partial charge in [-0.25, -0.2) is 0 Å². The standard InChI is InChI=1S/C18H26N2O/c1-7-17(21)18-14(5)19-20(15(18)6)10-16-12(3)8-11(2)9-13(16)4/h8-9,17,21H,7,10H2,1-6H3. The van der Waals surface area contributed by atoms with Crippen molar-refractivity contribution in [2.45, 2.75) is 60.6 Å². The summed E-state index contributed by atoms with van der Waals surface area (Å²) in [6.45, 7) is 13.2. The van der Waals surface area contributed by atoms with Crippen molar-refractivity contribution in [2.75, 3.05) is 0 Å². The van der Waals surface area contributed by atoms with Crippen molar-refractivity contribution < 1.29 is 5.11 Å². The molecule has 21 heavy (non-hydrogen) atoms. The highest BCUT2D eigenvalue weighted by atomic mass is 16.3. The molecule has 0 bridgehead atoms. The van der Waals surface area contributed by atoms with Crippen LogP contribution in [0.1, 0.15) is 58.7 Å². The van der Waals surface area contributed by atoms with Crippen LogP contribution in [0.2, 0.25) is 0 Å². The number of aromatic nitrogens is 2. The fourth-order valence-corrected chi connectivity index (χ4v) is 3.16.